The molecule has 96 valence electrons. The third kappa shape index (κ3) is 6.55. The van der Waals surface area contributed by atoms with Gasteiger partial charge in [-0.05, 0) is 18.3 Å². The zero-order chi connectivity index (χ0) is 11.6. The zero-order valence-electron chi connectivity index (χ0n) is 11.6. The van der Waals surface area contributed by atoms with Crippen LogP contribution in [-0.4, -0.2) is 0 Å². The van der Waals surface area contributed by atoms with Crippen LogP contribution in [0, 0.1) is 11.8 Å². The molecule has 0 amide bonds. The first kappa shape index (κ1) is 14.1. The van der Waals surface area contributed by atoms with Crippen LogP contribution in [0.3, 0.4) is 0 Å². The molecule has 0 bridgehead atoms. The van der Waals surface area contributed by atoms with Crippen molar-refractivity contribution in [1.82, 2.24) is 0 Å². The molecule has 0 saturated heterocycles. The lowest BCUT2D eigenvalue weighted by molar-refractivity contribution is 0.323. The Morgan fingerprint density at radius 1 is 0.938 bits per heavy atom. The van der Waals surface area contributed by atoms with E-state index in [1.54, 1.807) is 0 Å². The second kappa shape index (κ2) is 9.07. The maximum atomic E-state index is 2.47. The lowest BCUT2D eigenvalue weighted by Crippen LogP contribution is -2.07. The molecule has 1 unspecified atom stereocenters. The molecule has 0 spiro atoms. The van der Waals surface area contributed by atoms with E-state index in [-0.39, 0.29) is 0 Å². The Labute approximate surface area is 103 Å². The molecular formula is C16H32. The molecule has 0 aromatic rings. The molecule has 0 heteroatoms. The van der Waals surface area contributed by atoms with E-state index in [1.165, 1.54) is 77.0 Å². The summed E-state index contributed by atoms with van der Waals surface area (Å²) in [4.78, 5) is 0. The zero-order valence-corrected chi connectivity index (χ0v) is 11.6. The van der Waals surface area contributed by atoms with E-state index >= 15 is 0 Å². The van der Waals surface area contributed by atoms with Gasteiger partial charge < -0.3 is 0 Å². The Kier molecular flexibility index (Phi) is 7.98. The fourth-order valence-electron chi connectivity index (χ4n) is 3.19. The molecule has 1 atom stereocenters. The van der Waals surface area contributed by atoms with Gasteiger partial charge in [-0.2, -0.15) is 0 Å². The van der Waals surface area contributed by atoms with Gasteiger partial charge in [0.2, 0.25) is 0 Å². The Bertz CT molecular complexity index is 140. The van der Waals surface area contributed by atoms with Crippen molar-refractivity contribution >= 4 is 0 Å². The van der Waals surface area contributed by atoms with Gasteiger partial charge in [0.15, 0.2) is 0 Å². The van der Waals surface area contributed by atoms with E-state index in [4.69, 9.17) is 0 Å². The Hall–Kier alpha value is 0. The highest BCUT2D eigenvalue weighted by molar-refractivity contribution is 4.66. The summed E-state index contributed by atoms with van der Waals surface area (Å²) in [6, 6.07) is 0. The van der Waals surface area contributed by atoms with Crippen molar-refractivity contribution in [1.29, 1.82) is 0 Å². The van der Waals surface area contributed by atoms with E-state index in [0.29, 0.717) is 0 Å². The van der Waals surface area contributed by atoms with Crippen molar-refractivity contribution in [3.63, 3.8) is 0 Å². The van der Waals surface area contributed by atoms with E-state index in [2.05, 4.69) is 13.8 Å². The minimum absolute atomic E-state index is 0.978. The maximum Gasteiger partial charge on any atom is -0.0412 e. The van der Waals surface area contributed by atoms with Crippen molar-refractivity contribution in [2.75, 3.05) is 0 Å². The van der Waals surface area contributed by atoms with Gasteiger partial charge in [-0.25, -0.2) is 0 Å². The summed E-state index contributed by atoms with van der Waals surface area (Å²) >= 11 is 0. The Morgan fingerprint density at radius 2 is 1.50 bits per heavy atom. The van der Waals surface area contributed by atoms with Crippen LogP contribution in [0.4, 0.5) is 0 Å². The molecule has 0 aromatic heterocycles. The molecule has 1 saturated carbocycles. The predicted molar refractivity (Wildman–Crippen MR) is 73.7 cm³/mol. The topological polar surface area (TPSA) is 0 Å². The number of unbranched alkanes of at least 4 members (excludes halogenated alkanes) is 1. The van der Waals surface area contributed by atoms with Crippen LogP contribution in [0.2, 0.25) is 0 Å². The summed E-state index contributed by atoms with van der Waals surface area (Å²) in [6.45, 7) is 4.79. The highest BCUT2D eigenvalue weighted by Gasteiger charge is 2.13. The van der Waals surface area contributed by atoms with Crippen LogP contribution in [-0.2, 0) is 0 Å². The van der Waals surface area contributed by atoms with E-state index < -0.39 is 0 Å². The van der Waals surface area contributed by atoms with Crippen LogP contribution in [0.15, 0.2) is 0 Å². The predicted octanol–water partition coefficient (Wildman–Crippen LogP) is 5.95. The van der Waals surface area contributed by atoms with Crippen LogP contribution < -0.4 is 0 Å². The second-order valence-corrected chi connectivity index (χ2v) is 6.05. The second-order valence-electron chi connectivity index (χ2n) is 6.05. The summed E-state index contributed by atoms with van der Waals surface area (Å²) in [6.07, 6.45) is 17.8. The van der Waals surface area contributed by atoms with Crippen molar-refractivity contribution in [2.24, 2.45) is 11.8 Å². The molecule has 0 heterocycles. The molecule has 16 heavy (non-hydrogen) atoms. The Morgan fingerprint density at radius 3 is 2.06 bits per heavy atom. The fourth-order valence-corrected chi connectivity index (χ4v) is 3.19. The average Bonchev–Trinajstić information content (AvgIpc) is 2.40. The number of hydrogen-bond donors (Lipinski definition) is 0. The van der Waals surface area contributed by atoms with Gasteiger partial charge in [0, 0.05) is 0 Å². The van der Waals surface area contributed by atoms with Crippen LogP contribution in [0.5, 0.6) is 0 Å². The minimum Gasteiger partial charge on any atom is -0.0654 e. The normalized spacial score (nSPS) is 22.1. The monoisotopic (exact) mass is 224 g/mol. The fraction of sp³-hybridized carbons (Fsp3) is 1.00. The molecule has 0 nitrogen and oxygen atoms in total. The van der Waals surface area contributed by atoms with E-state index in [0.717, 1.165) is 11.8 Å². The van der Waals surface area contributed by atoms with Crippen molar-refractivity contribution in [2.45, 2.75) is 90.9 Å². The first-order valence-electron chi connectivity index (χ1n) is 7.83. The third-order valence-corrected chi connectivity index (χ3v) is 4.26. The molecule has 0 radical (unpaired) electrons. The largest absolute Gasteiger partial charge is 0.0654 e. The standard InChI is InChI=1S/C16H32/c1-3-4-11-15(2)14-16-12-9-7-5-6-8-10-13-16/h15-16H,3-14H2,1-2H3. The Balaban J connectivity index is 2.20. The van der Waals surface area contributed by atoms with Gasteiger partial charge in [-0.15, -0.1) is 0 Å². The van der Waals surface area contributed by atoms with Crippen LogP contribution in [0.25, 0.3) is 0 Å². The lowest BCUT2D eigenvalue weighted by atomic mass is 9.86. The molecule has 1 aliphatic rings. The third-order valence-electron chi connectivity index (χ3n) is 4.26. The van der Waals surface area contributed by atoms with E-state index in [1.807, 2.05) is 0 Å². The summed E-state index contributed by atoms with van der Waals surface area (Å²) in [5.74, 6) is 2.04. The summed E-state index contributed by atoms with van der Waals surface area (Å²) in [7, 11) is 0. The van der Waals surface area contributed by atoms with Crippen molar-refractivity contribution < 1.29 is 0 Å². The summed E-state index contributed by atoms with van der Waals surface area (Å²) in [5, 5.41) is 0. The lowest BCUT2D eigenvalue weighted by Gasteiger charge is -2.20. The first-order valence-corrected chi connectivity index (χ1v) is 7.83. The van der Waals surface area contributed by atoms with Gasteiger partial charge in [0.05, 0.1) is 0 Å². The summed E-state index contributed by atoms with van der Waals surface area (Å²) < 4.78 is 0. The quantitative estimate of drug-likeness (QED) is 0.541. The molecule has 1 fully saturated rings. The molecule has 1 rings (SSSR count). The van der Waals surface area contributed by atoms with Gasteiger partial charge in [-0.3, -0.25) is 0 Å². The molecule has 1 aliphatic carbocycles. The van der Waals surface area contributed by atoms with E-state index in [9.17, 15) is 0 Å². The van der Waals surface area contributed by atoms with Gasteiger partial charge in [0.25, 0.3) is 0 Å². The molecule has 0 N–H and O–H groups in total. The smallest absolute Gasteiger partial charge is 0.0412 e. The van der Waals surface area contributed by atoms with Gasteiger partial charge >= 0.3 is 0 Å². The average molecular weight is 224 g/mol. The maximum absolute atomic E-state index is 2.47. The van der Waals surface area contributed by atoms with Gasteiger partial charge in [-0.1, -0.05) is 84.5 Å². The number of hydrogen-bond acceptors (Lipinski definition) is 0. The highest BCUT2D eigenvalue weighted by Crippen LogP contribution is 2.28. The SMILES string of the molecule is CCCCC(C)CC1CCCCCCCC1. The van der Waals surface area contributed by atoms with Crippen LogP contribution >= 0.6 is 0 Å². The summed E-state index contributed by atoms with van der Waals surface area (Å²) in [5.41, 5.74) is 0. The van der Waals surface area contributed by atoms with Crippen molar-refractivity contribution in [3.05, 3.63) is 0 Å². The van der Waals surface area contributed by atoms with Gasteiger partial charge in [0.1, 0.15) is 0 Å². The molecule has 0 aliphatic heterocycles. The minimum atomic E-state index is 0.978. The highest BCUT2D eigenvalue weighted by atomic mass is 14.2. The first-order chi connectivity index (χ1) is 7.83. The molecular weight excluding hydrogens is 192 g/mol. The van der Waals surface area contributed by atoms with Crippen molar-refractivity contribution in [3.8, 4) is 0 Å². The number of rotatable bonds is 5. The molecule has 0 aromatic carbocycles. The van der Waals surface area contributed by atoms with Crippen LogP contribution in [0.1, 0.15) is 90.9 Å².